The van der Waals surface area contributed by atoms with Crippen LogP contribution in [0.1, 0.15) is 19.8 Å². The van der Waals surface area contributed by atoms with Crippen molar-refractivity contribution < 1.29 is 0 Å². The third kappa shape index (κ3) is 6.66. The fourth-order valence-electron chi connectivity index (χ4n) is 0.251. The Morgan fingerprint density at radius 2 is 2.29 bits per heavy atom. The van der Waals surface area contributed by atoms with E-state index in [9.17, 15) is 0 Å². The molecule has 0 radical (unpaired) electrons. The molecule has 0 aliphatic heterocycles. The van der Waals surface area contributed by atoms with Crippen molar-refractivity contribution in [3.05, 3.63) is 0 Å². The van der Waals surface area contributed by atoms with Crippen molar-refractivity contribution in [1.29, 1.82) is 0 Å². The van der Waals surface area contributed by atoms with E-state index in [1.807, 2.05) is 0 Å². The van der Waals surface area contributed by atoms with Gasteiger partial charge in [0.1, 0.15) is 0 Å². The van der Waals surface area contributed by atoms with Crippen LogP contribution in [0.15, 0.2) is 0 Å². The molecule has 0 atom stereocenters. The lowest BCUT2D eigenvalue weighted by atomic mass is 10.4. The summed E-state index contributed by atoms with van der Waals surface area (Å²) in [5.41, 5.74) is 0. The fraction of sp³-hybridized carbons (Fsp3) is 1.00. The van der Waals surface area contributed by atoms with Crippen molar-refractivity contribution in [3.63, 3.8) is 0 Å². The van der Waals surface area contributed by atoms with Gasteiger partial charge in [0.25, 0.3) is 0 Å². The zero-order chi connectivity index (χ0) is 5.54. The third-order valence-electron chi connectivity index (χ3n) is 0.649. The Morgan fingerprint density at radius 3 is 2.71 bits per heavy atom. The second-order valence-corrected chi connectivity index (χ2v) is 3.39. The van der Waals surface area contributed by atoms with Crippen LogP contribution in [-0.4, -0.2) is 5.75 Å². The van der Waals surface area contributed by atoms with Gasteiger partial charge >= 0.3 is 0 Å². The Labute approximate surface area is 53.0 Å². The topological polar surface area (TPSA) is 26.0 Å². The van der Waals surface area contributed by atoms with Gasteiger partial charge in [-0.2, -0.15) is 0 Å². The molecule has 0 rings (SSSR count). The highest BCUT2D eigenvalue weighted by molar-refractivity contribution is 8.75. The number of hydrogen-bond acceptors (Lipinski definition) is 3. The summed E-state index contributed by atoms with van der Waals surface area (Å²) in [5, 5.41) is 5.15. The molecule has 2 N–H and O–H groups in total. The average molecular weight is 137 g/mol. The van der Waals surface area contributed by atoms with E-state index in [0.717, 1.165) is 0 Å². The summed E-state index contributed by atoms with van der Waals surface area (Å²) in [7, 11) is 3.09. The maximum Gasteiger partial charge on any atom is 0.00492 e. The molecule has 3 heteroatoms. The van der Waals surface area contributed by atoms with E-state index in [4.69, 9.17) is 5.14 Å². The van der Waals surface area contributed by atoms with Crippen molar-refractivity contribution in [2.45, 2.75) is 19.8 Å². The molecule has 0 aliphatic rings. The summed E-state index contributed by atoms with van der Waals surface area (Å²) in [6, 6.07) is 0. The first-order valence-electron chi connectivity index (χ1n) is 2.40. The molecule has 0 saturated heterocycles. The molecule has 0 aromatic heterocycles. The number of rotatable bonds is 4. The smallest absolute Gasteiger partial charge is 0.00492 e. The number of hydrogen-bond donors (Lipinski definition) is 1. The summed E-state index contributed by atoms with van der Waals surface area (Å²) in [6.07, 6.45) is 2.56. The van der Waals surface area contributed by atoms with Gasteiger partial charge in [0, 0.05) is 5.75 Å². The lowest BCUT2D eigenvalue weighted by Gasteiger charge is -1.89. The average Bonchev–Trinajstić information content (AvgIpc) is 1.69. The van der Waals surface area contributed by atoms with Crippen LogP contribution in [0.25, 0.3) is 0 Å². The van der Waals surface area contributed by atoms with Crippen molar-refractivity contribution in [2.75, 3.05) is 5.75 Å². The SMILES string of the molecule is CCCCSSN. The molecule has 0 heterocycles. The lowest BCUT2D eigenvalue weighted by Crippen LogP contribution is -1.75. The second-order valence-electron chi connectivity index (χ2n) is 1.27. The summed E-state index contributed by atoms with van der Waals surface area (Å²) in [4.78, 5) is 0. The van der Waals surface area contributed by atoms with Crippen LogP contribution in [0.2, 0.25) is 0 Å². The molecule has 44 valence electrons. The van der Waals surface area contributed by atoms with E-state index < -0.39 is 0 Å². The highest BCUT2D eigenvalue weighted by Gasteiger charge is 1.81. The Balaban J connectivity index is 2.45. The van der Waals surface area contributed by atoms with Gasteiger partial charge in [0.2, 0.25) is 0 Å². The maximum absolute atomic E-state index is 5.15. The van der Waals surface area contributed by atoms with E-state index in [2.05, 4.69) is 6.92 Å². The van der Waals surface area contributed by atoms with Gasteiger partial charge in [-0.15, -0.1) is 0 Å². The van der Waals surface area contributed by atoms with Gasteiger partial charge in [-0.25, -0.2) is 0 Å². The minimum absolute atomic E-state index is 1.19. The van der Waals surface area contributed by atoms with Gasteiger partial charge in [-0.05, 0) is 17.4 Å². The quantitative estimate of drug-likeness (QED) is 0.365. The van der Waals surface area contributed by atoms with Crippen LogP contribution in [0.3, 0.4) is 0 Å². The summed E-state index contributed by atoms with van der Waals surface area (Å²) in [6.45, 7) is 2.18. The van der Waals surface area contributed by atoms with Crippen molar-refractivity contribution >= 4 is 21.8 Å². The van der Waals surface area contributed by atoms with Crippen LogP contribution >= 0.6 is 21.8 Å². The van der Waals surface area contributed by atoms with Crippen molar-refractivity contribution in [2.24, 2.45) is 5.14 Å². The summed E-state index contributed by atoms with van der Waals surface area (Å²) >= 11 is 0. The van der Waals surface area contributed by atoms with E-state index >= 15 is 0 Å². The first-order chi connectivity index (χ1) is 3.41. The molecule has 0 amide bonds. The van der Waals surface area contributed by atoms with E-state index in [0.29, 0.717) is 0 Å². The van der Waals surface area contributed by atoms with Gasteiger partial charge in [0.05, 0.1) is 0 Å². The molecule has 0 spiro atoms. The van der Waals surface area contributed by atoms with Crippen LogP contribution in [-0.2, 0) is 0 Å². The van der Waals surface area contributed by atoms with Gasteiger partial charge in [-0.3, -0.25) is 5.14 Å². The molecular formula is C4H11NS2. The predicted octanol–water partition coefficient (Wildman–Crippen LogP) is 2.04. The molecule has 0 aromatic rings. The predicted molar refractivity (Wildman–Crippen MR) is 39.1 cm³/mol. The standard InChI is InChI=1S/C4H11NS2/c1-2-3-4-6-7-5/h2-5H2,1H3. The Morgan fingerprint density at radius 1 is 1.57 bits per heavy atom. The largest absolute Gasteiger partial charge is 0.268 e. The monoisotopic (exact) mass is 137 g/mol. The normalized spacial score (nSPS) is 9.43. The van der Waals surface area contributed by atoms with Gasteiger partial charge in [-0.1, -0.05) is 24.1 Å². The van der Waals surface area contributed by atoms with Crippen molar-refractivity contribution in [1.82, 2.24) is 0 Å². The molecule has 0 unspecified atom stereocenters. The highest BCUT2D eigenvalue weighted by atomic mass is 33.1. The first kappa shape index (κ1) is 7.66. The minimum Gasteiger partial charge on any atom is -0.268 e. The van der Waals surface area contributed by atoms with E-state index in [-0.39, 0.29) is 0 Å². The molecule has 0 saturated carbocycles. The molecule has 0 bridgehead atoms. The zero-order valence-corrected chi connectivity index (χ0v) is 6.15. The number of unbranched alkanes of at least 4 members (excludes halogenated alkanes) is 1. The third-order valence-corrected chi connectivity index (χ3v) is 2.15. The summed E-state index contributed by atoms with van der Waals surface area (Å²) < 4.78 is 0. The molecule has 0 fully saturated rings. The van der Waals surface area contributed by atoms with E-state index in [1.54, 1.807) is 10.8 Å². The van der Waals surface area contributed by atoms with Crippen LogP contribution in [0.4, 0.5) is 0 Å². The van der Waals surface area contributed by atoms with Crippen LogP contribution in [0.5, 0.6) is 0 Å². The summed E-state index contributed by atoms with van der Waals surface area (Å²) in [5.74, 6) is 1.19. The van der Waals surface area contributed by atoms with Gasteiger partial charge < -0.3 is 0 Å². The van der Waals surface area contributed by atoms with E-state index in [1.165, 1.54) is 29.6 Å². The molecule has 7 heavy (non-hydrogen) atoms. The maximum atomic E-state index is 5.15. The van der Waals surface area contributed by atoms with Gasteiger partial charge in [0.15, 0.2) is 0 Å². The fourth-order valence-corrected chi connectivity index (χ4v) is 1.40. The Kier molecular flexibility index (Phi) is 7.29. The number of nitrogens with two attached hydrogens (primary N) is 1. The lowest BCUT2D eigenvalue weighted by molar-refractivity contribution is 0.898. The Hall–Kier alpha value is 0.660. The van der Waals surface area contributed by atoms with Crippen LogP contribution < -0.4 is 5.14 Å². The zero-order valence-electron chi connectivity index (χ0n) is 4.52. The second kappa shape index (κ2) is 6.66. The van der Waals surface area contributed by atoms with Crippen molar-refractivity contribution in [3.8, 4) is 0 Å². The van der Waals surface area contributed by atoms with Crippen LogP contribution in [0, 0.1) is 0 Å². The molecule has 0 aliphatic carbocycles. The minimum atomic E-state index is 1.19. The molecule has 0 aromatic carbocycles. The highest BCUT2D eigenvalue weighted by Crippen LogP contribution is 2.14. The molecule has 1 nitrogen and oxygen atoms in total. The first-order valence-corrected chi connectivity index (χ1v) is 4.78. The Bertz CT molecular complexity index is 28.9. The molecular weight excluding hydrogens is 126 g/mol.